The van der Waals surface area contributed by atoms with Crippen LogP contribution < -0.4 is 20.1 Å². The van der Waals surface area contributed by atoms with Crippen LogP contribution in [0.25, 0.3) is 11.0 Å². The lowest BCUT2D eigenvalue weighted by Crippen LogP contribution is -2.30. The van der Waals surface area contributed by atoms with E-state index in [1.54, 1.807) is 18.2 Å². The second kappa shape index (κ2) is 7.00. The van der Waals surface area contributed by atoms with Crippen LogP contribution in [0.15, 0.2) is 52.9 Å². The summed E-state index contributed by atoms with van der Waals surface area (Å²) in [4.78, 5) is 12.3. The Balaban J connectivity index is 1.42. The molecule has 2 N–H and O–H groups in total. The maximum absolute atomic E-state index is 12.3. The van der Waals surface area contributed by atoms with Crippen molar-refractivity contribution in [1.29, 1.82) is 0 Å². The van der Waals surface area contributed by atoms with E-state index in [-0.39, 0.29) is 12.1 Å². The summed E-state index contributed by atoms with van der Waals surface area (Å²) in [5, 5.41) is 6.72. The van der Waals surface area contributed by atoms with E-state index < -0.39 is 0 Å². The molecule has 0 aliphatic carbocycles. The number of carbonyl (C=O) groups excluding carboxylic acids is 1. The summed E-state index contributed by atoms with van der Waals surface area (Å²) < 4.78 is 17.0. The Morgan fingerprint density at radius 1 is 1.04 bits per heavy atom. The third-order valence-electron chi connectivity index (χ3n) is 4.22. The highest BCUT2D eigenvalue weighted by atomic mass is 16.5. The van der Waals surface area contributed by atoms with Gasteiger partial charge >= 0.3 is 6.03 Å². The summed E-state index contributed by atoms with van der Waals surface area (Å²) in [6.07, 6.45) is 0.840. The minimum absolute atomic E-state index is 0.261. The molecular weight excluding hydrogens is 332 g/mol. The van der Waals surface area contributed by atoms with Gasteiger partial charge in [0.2, 0.25) is 0 Å². The van der Waals surface area contributed by atoms with Gasteiger partial charge in [-0.3, -0.25) is 0 Å². The number of anilines is 1. The standard InChI is InChI=1S/C20H20N2O4/c1-13(18-11-14-5-2-3-6-16(14)26-18)21-20(23)22-15-7-8-17-19(12-15)25-10-4-9-24-17/h2-3,5-8,11-13H,4,9-10H2,1H3,(H2,21,22,23). The van der Waals surface area contributed by atoms with Crippen LogP contribution in [0.3, 0.4) is 0 Å². The first kappa shape index (κ1) is 16.3. The Morgan fingerprint density at radius 2 is 1.85 bits per heavy atom. The van der Waals surface area contributed by atoms with Crippen LogP contribution in [0, 0.1) is 0 Å². The van der Waals surface area contributed by atoms with Crippen molar-refractivity contribution in [2.24, 2.45) is 0 Å². The minimum atomic E-state index is -0.313. The van der Waals surface area contributed by atoms with Gasteiger partial charge in [-0.25, -0.2) is 4.79 Å². The number of hydrogen-bond donors (Lipinski definition) is 2. The Hall–Kier alpha value is -3.15. The Kier molecular flexibility index (Phi) is 4.39. The number of para-hydroxylation sites is 1. The average Bonchev–Trinajstić information content (AvgIpc) is 2.94. The number of fused-ring (bicyclic) bond motifs is 2. The molecule has 1 aliphatic rings. The van der Waals surface area contributed by atoms with E-state index in [0.29, 0.717) is 36.2 Å². The molecule has 2 heterocycles. The quantitative estimate of drug-likeness (QED) is 0.729. The molecule has 0 saturated carbocycles. The normalized spacial score (nSPS) is 14.5. The molecule has 3 aromatic rings. The minimum Gasteiger partial charge on any atom is -0.490 e. The van der Waals surface area contributed by atoms with Crippen LogP contribution in [-0.4, -0.2) is 19.2 Å². The van der Waals surface area contributed by atoms with Gasteiger partial charge in [0, 0.05) is 23.6 Å². The molecule has 26 heavy (non-hydrogen) atoms. The van der Waals surface area contributed by atoms with Crippen molar-refractivity contribution in [2.75, 3.05) is 18.5 Å². The van der Waals surface area contributed by atoms with Crippen molar-refractivity contribution in [3.05, 3.63) is 54.3 Å². The molecule has 1 unspecified atom stereocenters. The predicted octanol–water partition coefficient (Wildman–Crippen LogP) is 4.48. The molecule has 1 aromatic heterocycles. The summed E-state index contributed by atoms with van der Waals surface area (Å²) in [7, 11) is 0. The van der Waals surface area contributed by atoms with Gasteiger partial charge in [0.1, 0.15) is 11.3 Å². The van der Waals surface area contributed by atoms with Crippen LogP contribution in [0.4, 0.5) is 10.5 Å². The SMILES string of the molecule is CC(NC(=O)Nc1ccc2c(c1)OCCCO2)c1cc2ccccc2o1. The van der Waals surface area contributed by atoms with E-state index in [2.05, 4.69) is 10.6 Å². The zero-order chi connectivity index (χ0) is 17.9. The van der Waals surface area contributed by atoms with Crippen molar-refractivity contribution in [2.45, 2.75) is 19.4 Å². The lowest BCUT2D eigenvalue weighted by molar-refractivity contribution is 0.248. The number of nitrogens with one attached hydrogen (secondary N) is 2. The number of urea groups is 1. The fraction of sp³-hybridized carbons (Fsp3) is 0.250. The Labute approximate surface area is 151 Å². The van der Waals surface area contributed by atoms with Gasteiger partial charge < -0.3 is 24.5 Å². The third kappa shape index (κ3) is 3.44. The first-order chi connectivity index (χ1) is 12.7. The summed E-state index contributed by atoms with van der Waals surface area (Å²) in [6, 6.07) is 14.5. The van der Waals surface area contributed by atoms with Crippen LogP contribution in [0.5, 0.6) is 11.5 Å². The lowest BCUT2D eigenvalue weighted by Gasteiger charge is -2.14. The largest absolute Gasteiger partial charge is 0.490 e. The van der Waals surface area contributed by atoms with E-state index in [4.69, 9.17) is 13.9 Å². The summed E-state index contributed by atoms with van der Waals surface area (Å²) in [5.41, 5.74) is 1.45. The van der Waals surface area contributed by atoms with Gasteiger partial charge in [0.15, 0.2) is 11.5 Å². The molecule has 0 radical (unpaired) electrons. The highest BCUT2D eigenvalue weighted by Crippen LogP contribution is 2.32. The highest BCUT2D eigenvalue weighted by molar-refractivity contribution is 5.90. The number of furan rings is 1. The van der Waals surface area contributed by atoms with Gasteiger partial charge in [-0.1, -0.05) is 18.2 Å². The molecule has 2 amide bonds. The number of rotatable bonds is 3. The number of hydrogen-bond acceptors (Lipinski definition) is 4. The molecule has 0 fully saturated rings. The molecule has 2 aromatic carbocycles. The van der Waals surface area contributed by atoms with Crippen LogP contribution >= 0.6 is 0 Å². The maximum atomic E-state index is 12.3. The van der Waals surface area contributed by atoms with Gasteiger partial charge in [-0.15, -0.1) is 0 Å². The number of amides is 2. The highest BCUT2D eigenvalue weighted by Gasteiger charge is 2.15. The van der Waals surface area contributed by atoms with Crippen molar-refractivity contribution >= 4 is 22.7 Å². The molecule has 134 valence electrons. The zero-order valence-electron chi connectivity index (χ0n) is 14.5. The molecule has 0 bridgehead atoms. The Morgan fingerprint density at radius 3 is 2.69 bits per heavy atom. The molecule has 0 saturated heterocycles. The van der Waals surface area contributed by atoms with Crippen LogP contribution in [0.2, 0.25) is 0 Å². The second-order valence-electron chi connectivity index (χ2n) is 6.22. The molecule has 6 nitrogen and oxygen atoms in total. The number of benzene rings is 2. The molecule has 1 aliphatic heterocycles. The van der Waals surface area contributed by atoms with Gasteiger partial charge in [-0.05, 0) is 31.2 Å². The van der Waals surface area contributed by atoms with E-state index in [0.717, 1.165) is 17.4 Å². The topological polar surface area (TPSA) is 72.7 Å². The molecule has 6 heteroatoms. The summed E-state index contributed by atoms with van der Waals surface area (Å²) >= 11 is 0. The average molecular weight is 352 g/mol. The molecule has 0 spiro atoms. The van der Waals surface area contributed by atoms with E-state index >= 15 is 0 Å². The van der Waals surface area contributed by atoms with E-state index in [1.165, 1.54) is 0 Å². The van der Waals surface area contributed by atoms with Crippen molar-refractivity contribution in [3.8, 4) is 11.5 Å². The lowest BCUT2D eigenvalue weighted by atomic mass is 10.2. The van der Waals surface area contributed by atoms with Crippen LogP contribution in [0.1, 0.15) is 25.1 Å². The van der Waals surface area contributed by atoms with Gasteiger partial charge in [-0.2, -0.15) is 0 Å². The maximum Gasteiger partial charge on any atom is 0.319 e. The van der Waals surface area contributed by atoms with Gasteiger partial charge in [0.25, 0.3) is 0 Å². The van der Waals surface area contributed by atoms with E-state index in [1.807, 2.05) is 37.3 Å². The monoisotopic (exact) mass is 352 g/mol. The van der Waals surface area contributed by atoms with E-state index in [9.17, 15) is 4.79 Å². The fourth-order valence-electron chi connectivity index (χ4n) is 2.89. The molecule has 1 atom stereocenters. The third-order valence-corrected chi connectivity index (χ3v) is 4.22. The summed E-state index contributed by atoms with van der Waals surface area (Å²) in [6.45, 7) is 3.12. The smallest absolute Gasteiger partial charge is 0.319 e. The van der Waals surface area contributed by atoms with Crippen molar-refractivity contribution < 1.29 is 18.7 Å². The first-order valence-electron chi connectivity index (χ1n) is 8.65. The predicted molar refractivity (Wildman–Crippen MR) is 98.8 cm³/mol. The summed E-state index contributed by atoms with van der Waals surface area (Å²) in [5.74, 6) is 2.05. The zero-order valence-corrected chi connectivity index (χ0v) is 14.5. The second-order valence-corrected chi connectivity index (χ2v) is 6.22. The number of ether oxygens (including phenoxy) is 2. The molecular formula is C20H20N2O4. The fourth-order valence-corrected chi connectivity index (χ4v) is 2.89. The van der Waals surface area contributed by atoms with Crippen LogP contribution in [-0.2, 0) is 0 Å². The Bertz CT molecular complexity index is 901. The molecule has 4 rings (SSSR count). The van der Waals surface area contributed by atoms with Crippen molar-refractivity contribution in [1.82, 2.24) is 5.32 Å². The van der Waals surface area contributed by atoms with Gasteiger partial charge in [0.05, 0.1) is 19.3 Å². The number of carbonyl (C=O) groups is 1. The van der Waals surface area contributed by atoms with Crippen molar-refractivity contribution in [3.63, 3.8) is 0 Å². The first-order valence-corrected chi connectivity index (χ1v) is 8.65.